The second kappa shape index (κ2) is 4.59. The molecule has 84 valence electrons. The van der Waals surface area contributed by atoms with Crippen LogP contribution in [0.2, 0.25) is 0 Å². The van der Waals surface area contributed by atoms with Crippen molar-refractivity contribution in [2.75, 3.05) is 7.11 Å². The largest absolute Gasteiger partial charge is 0.495 e. The summed E-state index contributed by atoms with van der Waals surface area (Å²) in [7, 11) is 1.62. The number of aryl methyl sites for hydroxylation is 1. The van der Waals surface area contributed by atoms with E-state index in [1.807, 2.05) is 13.0 Å². The van der Waals surface area contributed by atoms with Crippen molar-refractivity contribution < 1.29 is 4.74 Å². The molecule has 0 spiro atoms. The quantitative estimate of drug-likeness (QED) is 0.882. The van der Waals surface area contributed by atoms with Gasteiger partial charge in [0.1, 0.15) is 5.75 Å². The zero-order chi connectivity index (χ0) is 11.5. The van der Waals surface area contributed by atoms with Crippen LogP contribution in [0.25, 0.3) is 0 Å². The summed E-state index contributed by atoms with van der Waals surface area (Å²) in [5, 5.41) is 0. The van der Waals surface area contributed by atoms with Crippen LogP contribution in [-0.4, -0.2) is 17.1 Å². The van der Waals surface area contributed by atoms with Gasteiger partial charge in [-0.05, 0) is 18.6 Å². The number of nitrogens with two attached hydrogens (primary N) is 1. The summed E-state index contributed by atoms with van der Waals surface area (Å²) < 4.78 is 5.12. The zero-order valence-electron chi connectivity index (χ0n) is 9.18. The molecule has 0 aliphatic rings. The maximum absolute atomic E-state index is 6.16. The Labute approximate surface area is 98.1 Å². The monoisotopic (exact) mass is 235 g/mol. The van der Waals surface area contributed by atoms with Crippen molar-refractivity contribution in [3.05, 3.63) is 40.1 Å². The third-order valence-electron chi connectivity index (χ3n) is 2.39. The van der Waals surface area contributed by atoms with E-state index in [4.69, 9.17) is 10.5 Å². The van der Waals surface area contributed by atoms with Crippen LogP contribution in [0, 0.1) is 6.92 Å². The van der Waals surface area contributed by atoms with Crippen LogP contribution in [0.5, 0.6) is 5.75 Å². The van der Waals surface area contributed by atoms with Crippen molar-refractivity contribution >= 4 is 11.3 Å². The van der Waals surface area contributed by atoms with Crippen LogP contribution in [-0.2, 0) is 0 Å². The van der Waals surface area contributed by atoms with Crippen LogP contribution in [0.3, 0.4) is 0 Å². The highest BCUT2D eigenvalue weighted by Gasteiger charge is 2.14. The molecule has 0 amide bonds. The first-order valence-corrected chi connectivity index (χ1v) is 5.75. The lowest BCUT2D eigenvalue weighted by Gasteiger charge is -2.11. The van der Waals surface area contributed by atoms with Gasteiger partial charge in [-0.15, -0.1) is 11.3 Å². The van der Waals surface area contributed by atoms with Crippen molar-refractivity contribution in [3.8, 4) is 5.75 Å². The van der Waals surface area contributed by atoms with Gasteiger partial charge in [-0.2, -0.15) is 0 Å². The number of hydrogen-bond donors (Lipinski definition) is 1. The van der Waals surface area contributed by atoms with Crippen molar-refractivity contribution in [2.24, 2.45) is 5.73 Å². The van der Waals surface area contributed by atoms with E-state index in [9.17, 15) is 0 Å². The minimum absolute atomic E-state index is 0.185. The molecule has 1 atom stereocenters. The fourth-order valence-electron chi connectivity index (χ4n) is 1.48. The Morgan fingerprint density at radius 3 is 2.88 bits per heavy atom. The Morgan fingerprint density at radius 1 is 1.44 bits per heavy atom. The van der Waals surface area contributed by atoms with Crippen molar-refractivity contribution in [3.63, 3.8) is 0 Å². The predicted octanol–water partition coefficient (Wildman–Crippen LogP) is 1.90. The molecule has 0 bridgehead atoms. The Morgan fingerprint density at radius 2 is 2.25 bits per heavy atom. The third kappa shape index (κ3) is 2.05. The smallest absolute Gasteiger partial charge is 0.137 e. The molecule has 16 heavy (non-hydrogen) atoms. The van der Waals surface area contributed by atoms with E-state index >= 15 is 0 Å². The third-order valence-corrected chi connectivity index (χ3v) is 3.41. The number of rotatable bonds is 3. The number of methoxy groups -OCH3 is 1. The van der Waals surface area contributed by atoms with Crippen molar-refractivity contribution in [1.29, 1.82) is 0 Å². The van der Waals surface area contributed by atoms with Gasteiger partial charge in [0, 0.05) is 11.1 Å². The average Bonchev–Trinajstić information content (AvgIpc) is 2.74. The van der Waals surface area contributed by atoms with Gasteiger partial charge in [0.05, 0.1) is 30.6 Å². The fourth-order valence-corrected chi connectivity index (χ4v) is 2.31. The molecule has 0 radical (unpaired) electrons. The van der Waals surface area contributed by atoms with Gasteiger partial charge < -0.3 is 10.5 Å². The first kappa shape index (κ1) is 11.0. The number of thiazole rings is 1. The minimum atomic E-state index is -0.185. The van der Waals surface area contributed by atoms with Crippen LogP contribution in [0.1, 0.15) is 22.2 Å². The molecule has 2 aromatic rings. The van der Waals surface area contributed by atoms with Crippen LogP contribution < -0.4 is 10.5 Å². The number of ether oxygens (including phenoxy) is 1. The van der Waals surface area contributed by atoms with Crippen LogP contribution in [0.15, 0.2) is 24.0 Å². The zero-order valence-corrected chi connectivity index (χ0v) is 9.99. The molecule has 2 heterocycles. The maximum atomic E-state index is 6.16. The molecule has 5 heteroatoms. The summed E-state index contributed by atoms with van der Waals surface area (Å²) in [6.07, 6.45) is 3.42. The molecule has 2 aromatic heterocycles. The van der Waals surface area contributed by atoms with Gasteiger partial charge in [-0.3, -0.25) is 4.98 Å². The highest BCUT2D eigenvalue weighted by molar-refractivity contribution is 7.09. The molecule has 0 aromatic carbocycles. The van der Waals surface area contributed by atoms with Gasteiger partial charge >= 0.3 is 0 Å². The van der Waals surface area contributed by atoms with Gasteiger partial charge in [-0.1, -0.05) is 0 Å². The molecule has 0 aliphatic carbocycles. The van der Waals surface area contributed by atoms with E-state index in [1.165, 1.54) is 0 Å². The maximum Gasteiger partial charge on any atom is 0.137 e. The Kier molecular flexibility index (Phi) is 3.17. The second-order valence-corrected chi connectivity index (χ2v) is 4.32. The highest BCUT2D eigenvalue weighted by atomic mass is 32.1. The molecule has 4 nitrogen and oxygen atoms in total. The molecule has 0 fully saturated rings. The van der Waals surface area contributed by atoms with E-state index < -0.39 is 0 Å². The van der Waals surface area contributed by atoms with Gasteiger partial charge in [0.25, 0.3) is 0 Å². The molecule has 0 aliphatic heterocycles. The highest BCUT2D eigenvalue weighted by Crippen LogP contribution is 2.26. The Balaban J connectivity index is 2.33. The molecule has 1 unspecified atom stereocenters. The predicted molar refractivity (Wildman–Crippen MR) is 63.7 cm³/mol. The molecule has 0 saturated carbocycles. The van der Waals surface area contributed by atoms with Crippen LogP contribution >= 0.6 is 11.3 Å². The lowest BCUT2D eigenvalue weighted by atomic mass is 10.1. The number of nitrogens with zero attached hydrogens (tertiary/aromatic N) is 2. The molecule has 2 rings (SSSR count). The SMILES string of the molecule is COc1cncc(C(N)c2scnc2C)c1. The van der Waals surface area contributed by atoms with Gasteiger partial charge in [-0.25, -0.2) is 4.98 Å². The van der Waals surface area contributed by atoms with Gasteiger partial charge in [0.15, 0.2) is 0 Å². The van der Waals surface area contributed by atoms with E-state index in [2.05, 4.69) is 9.97 Å². The van der Waals surface area contributed by atoms with Gasteiger partial charge in [0.2, 0.25) is 0 Å². The van der Waals surface area contributed by atoms with Crippen molar-refractivity contribution in [2.45, 2.75) is 13.0 Å². The lowest BCUT2D eigenvalue weighted by Crippen LogP contribution is -2.12. The molecular weight excluding hydrogens is 222 g/mol. The standard InChI is InChI=1S/C11H13N3OS/c1-7-11(16-6-14-7)10(12)8-3-9(15-2)5-13-4-8/h3-6,10H,12H2,1-2H3. The summed E-state index contributed by atoms with van der Waals surface area (Å²) in [4.78, 5) is 9.35. The summed E-state index contributed by atoms with van der Waals surface area (Å²) in [5.41, 5.74) is 9.87. The summed E-state index contributed by atoms with van der Waals surface area (Å²) in [5.74, 6) is 0.718. The second-order valence-electron chi connectivity index (χ2n) is 3.44. The van der Waals surface area contributed by atoms with Crippen LogP contribution in [0.4, 0.5) is 0 Å². The summed E-state index contributed by atoms with van der Waals surface area (Å²) >= 11 is 1.56. The molecule has 0 saturated heterocycles. The number of pyridine rings is 1. The first-order chi connectivity index (χ1) is 7.72. The Hall–Kier alpha value is -1.46. The number of hydrogen-bond acceptors (Lipinski definition) is 5. The normalized spacial score (nSPS) is 12.4. The lowest BCUT2D eigenvalue weighted by molar-refractivity contribution is 0.412. The summed E-state index contributed by atoms with van der Waals surface area (Å²) in [6, 6.07) is 1.71. The van der Waals surface area contributed by atoms with E-state index in [-0.39, 0.29) is 6.04 Å². The Bertz CT molecular complexity index is 484. The van der Waals surface area contributed by atoms with E-state index in [0.29, 0.717) is 0 Å². The summed E-state index contributed by atoms with van der Waals surface area (Å²) in [6.45, 7) is 1.96. The topological polar surface area (TPSA) is 61.0 Å². The molecular formula is C11H13N3OS. The van der Waals surface area contributed by atoms with E-state index in [0.717, 1.165) is 21.9 Å². The average molecular weight is 235 g/mol. The fraction of sp³-hybridized carbons (Fsp3) is 0.273. The molecule has 2 N–H and O–H groups in total. The number of aromatic nitrogens is 2. The first-order valence-electron chi connectivity index (χ1n) is 4.87. The van der Waals surface area contributed by atoms with Crippen molar-refractivity contribution in [1.82, 2.24) is 9.97 Å². The van der Waals surface area contributed by atoms with E-state index in [1.54, 1.807) is 36.4 Å². The minimum Gasteiger partial charge on any atom is -0.495 e.